The number of amides is 1. The van der Waals surface area contributed by atoms with Gasteiger partial charge >= 0.3 is 0 Å². The first-order valence-corrected chi connectivity index (χ1v) is 5.82. The Morgan fingerprint density at radius 1 is 1.44 bits per heavy atom. The summed E-state index contributed by atoms with van der Waals surface area (Å²) in [5, 5.41) is 6.69. The van der Waals surface area contributed by atoms with Crippen LogP contribution in [0.4, 0.5) is 0 Å². The van der Waals surface area contributed by atoms with Gasteiger partial charge in [-0.1, -0.05) is 23.7 Å². The lowest BCUT2D eigenvalue weighted by molar-refractivity contribution is -0.120. The topological polar surface area (TPSA) is 41.1 Å². The molecule has 1 aromatic carbocycles. The van der Waals surface area contributed by atoms with Crippen molar-refractivity contribution in [3.63, 3.8) is 0 Å². The Hall–Kier alpha value is -1.06. The van der Waals surface area contributed by atoms with E-state index >= 15 is 0 Å². The molecule has 0 aliphatic carbocycles. The Kier molecular flexibility index (Phi) is 5.90. The molecule has 0 fully saturated rings. The van der Waals surface area contributed by atoms with Gasteiger partial charge < -0.3 is 10.6 Å². The number of nitrogens with one attached hydrogen (secondary N) is 2. The van der Waals surface area contributed by atoms with E-state index in [1.54, 1.807) is 0 Å². The zero-order valence-corrected chi connectivity index (χ0v) is 10.2. The van der Waals surface area contributed by atoms with Crippen LogP contribution in [0, 0.1) is 0 Å². The Morgan fingerprint density at radius 2 is 2.25 bits per heavy atom. The van der Waals surface area contributed by atoms with E-state index in [-0.39, 0.29) is 5.91 Å². The molecular weight excluding hydrogens is 224 g/mol. The maximum absolute atomic E-state index is 11.1. The van der Waals surface area contributed by atoms with Crippen molar-refractivity contribution in [3.05, 3.63) is 34.9 Å². The van der Waals surface area contributed by atoms with Gasteiger partial charge in [-0.15, -0.1) is 0 Å². The van der Waals surface area contributed by atoms with E-state index in [1.165, 1.54) is 0 Å². The maximum Gasteiger partial charge on any atom is 0.221 e. The van der Waals surface area contributed by atoms with E-state index in [1.807, 2.05) is 31.2 Å². The normalized spacial score (nSPS) is 10.1. The minimum absolute atomic E-state index is 0.0843. The molecule has 1 amide bonds. The van der Waals surface area contributed by atoms with Crippen LogP contribution < -0.4 is 10.6 Å². The lowest BCUT2D eigenvalue weighted by Gasteiger charge is -2.05. The van der Waals surface area contributed by atoms with E-state index < -0.39 is 0 Å². The molecule has 0 unspecified atom stereocenters. The van der Waals surface area contributed by atoms with Gasteiger partial charge in [0.15, 0.2) is 0 Å². The van der Waals surface area contributed by atoms with Gasteiger partial charge in [0.1, 0.15) is 0 Å². The van der Waals surface area contributed by atoms with Gasteiger partial charge in [0.2, 0.25) is 5.91 Å². The SMILES string of the molecule is CCNC(=O)CCNCc1cccc(Cl)c1. The third-order valence-corrected chi connectivity index (χ3v) is 2.36. The lowest BCUT2D eigenvalue weighted by atomic mass is 10.2. The van der Waals surface area contributed by atoms with Crippen LogP contribution in [0.2, 0.25) is 5.02 Å². The molecule has 88 valence electrons. The highest BCUT2D eigenvalue weighted by Crippen LogP contribution is 2.09. The monoisotopic (exact) mass is 240 g/mol. The van der Waals surface area contributed by atoms with Gasteiger partial charge in [0, 0.05) is 31.1 Å². The highest BCUT2D eigenvalue weighted by atomic mass is 35.5. The van der Waals surface area contributed by atoms with E-state index in [0.717, 1.165) is 17.1 Å². The molecule has 0 aliphatic heterocycles. The summed E-state index contributed by atoms with van der Waals surface area (Å²) in [7, 11) is 0. The van der Waals surface area contributed by atoms with Crippen molar-refractivity contribution >= 4 is 17.5 Å². The largest absolute Gasteiger partial charge is 0.356 e. The second-order valence-electron chi connectivity index (χ2n) is 3.51. The predicted molar refractivity (Wildman–Crippen MR) is 66.5 cm³/mol. The number of benzene rings is 1. The number of hydrogen-bond donors (Lipinski definition) is 2. The zero-order chi connectivity index (χ0) is 11.8. The number of carbonyl (C=O) groups is 1. The summed E-state index contributed by atoms with van der Waals surface area (Å²) in [5.41, 5.74) is 1.13. The minimum atomic E-state index is 0.0843. The molecule has 0 saturated carbocycles. The van der Waals surface area contributed by atoms with Crippen molar-refractivity contribution in [1.29, 1.82) is 0 Å². The van der Waals surface area contributed by atoms with Crippen molar-refractivity contribution in [2.45, 2.75) is 19.9 Å². The molecule has 0 aromatic heterocycles. The van der Waals surface area contributed by atoms with E-state index in [4.69, 9.17) is 11.6 Å². The van der Waals surface area contributed by atoms with Crippen LogP contribution >= 0.6 is 11.6 Å². The molecule has 3 nitrogen and oxygen atoms in total. The van der Waals surface area contributed by atoms with Gasteiger partial charge in [0.25, 0.3) is 0 Å². The van der Waals surface area contributed by atoms with Crippen molar-refractivity contribution < 1.29 is 4.79 Å². The van der Waals surface area contributed by atoms with Crippen LogP contribution in [0.5, 0.6) is 0 Å². The molecule has 1 aromatic rings. The summed E-state index contributed by atoms with van der Waals surface area (Å²) in [6.07, 6.45) is 0.508. The fraction of sp³-hybridized carbons (Fsp3) is 0.417. The molecule has 0 bridgehead atoms. The molecule has 2 N–H and O–H groups in total. The molecule has 4 heteroatoms. The molecule has 1 rings (SSSR count). The molecule has 0 spiro atoms. The van der Waals surface area contributed by atoms with Crippen molar-refractivity contribution in [3.8, 4) is 0 Å². The molecule has 0 aliphatic rings. The highest BCUT2D eigenvalue weighted by Gasteiger charge is 1.98. The number of rotatable bonds is 6. The standard InChI is InChI=1S/C12H17ClN2O/c1-2-15-12(16)6-7-14-9-10-4-3-5-11(13)8-10/h3-5,8,14H,2,6-7,9H2,1H3,(H,15,16). The van der Waals surface area contributed by atoms with Crippen LogP contribution in [-0.4, -0.2) is 19.0 Å². The minimum Gasteiger partial charge on any atom is -0.356 e. The van der Waals surface area contributed by atoms with Crippen LogP contribution in [0.15, 0.2) is 24.3 Å². The third kappa shape index (κ3) is 5.14. The van der Waals surface area contributed by atoms with Crippen molar-refractivity contribution in [1.82, 2.24) is 10.6 Å². The van der Waals surface area contributed by atoms with Crippen LogP contribution in [0.3, 0.4) is 0 Å². The third-order valence-electron chi connectivity index (χ3n) is 2.12. The second kappa shape index (κ2) is 7.25. The highest BCUT2D eigenvalue weighted by molar-refractivity contribution is 6.30. The van der Waals surface area contributed by atoms with Gasteiger partial charge in [-0.3, -0.25) is 4.79 Å². The van der Waals surface area contributed by atoms with Gasteiger partial charge in [-0.2, -0.15) is 0 Å². The van der Waals surface area contributed by atoms with E-state index in [2.05, 4.69) is 10.6 Å². The summed E-state index contributed by atoms with van der Waals surface area (Å²) in [4.78, 5) is 11.1. The van der Waals surface area contributed by atoms with Crippen LogP contribution in [0.25, 0.3) is 0 Å². The van der Waals surface area contributed by atoms with E-state index in [0.29, 0.717) is 19.5 Å². The molecular formula is C12H17ClN2O. The Bertz CT molecular complexity index is 342. The Balaban J connectivity index is 2.18. The smallest absolute Gasteiger partial charge is 0.221 e. The molecule has 0 heterocycles. The fourth-order valence-corrected chi connectivity index (χ4v) is 1.58. The first kappa shape index (κ1) is 13.0. The van der Waals surface area contributed by atoms with Gasteiger partial charge in [-0.25, -0.2) is 0 Å². The van der Waals surface area contributed by atoms with Crippen LogP contribution in [-0.2, 0) is 11.3 Å². The number of carbonyl (C=O) groups excluding carboxylic acids is 1. The first-order valence-electron chi connectivity index (χ1n) is 5.44. The van der Waals surface area contributed by atoms with Gasteiger partial charge in [-0.05, 0) is 24.6 Å². The number of hydrogen-bond acceptors (Lipinski definition) is 2. The molecule has 0 atom stereocenters. The average Bonchev–Trinajstić information content (AvgIpc) is 2.25. The lowest BCUT2D eigenvalue weighted by Crippen LogP contribution is -2.27. The van der Waals surface area contributed by atoms with Crippen molar-refractivity contribution in [2.75, 3.05) is 13.1 Å². The van der Waals surface area contributed by atoms with Crippen molar-refractivity contribution in [2.24, 2.45) is 0 Å². The molecule has 0 saturated heterocycles. The second-order valence-corrected chi connectivity index (χ2v) is 3.95. The summed E-state index contributed by atoms with van der Waals surface area (Å²) < 4.78 is 0. The quantitative estimate of drug-likeness (QED) is 0.747. The fourth-order valence-electron chi connectivity index (χ4n) is 1.37. The van der Waals surface area contributed by atoms with Gasteiger partial charge in [0.05, 0.1) is 0 Å². The maximum atomic E-state index is 11.1. The zero-order valence-electron chi connectivity index (χ0n) is 9.42. The Morgan fingerprint density at radius 3 is 2.94 bits per heavy atom. The summed E-state index contributed by atoms with van der Waals surface area (Å²) in [6.45, 7) is 4.02. The average molecular weight is 241 g/mol. The predicted octanol–water partition coefficient (Wildman–Crippen LogP) is 1.96. The summed E-state index contributed by atoms with van der Waals surface area (Å²) in [6, 6.07) is 7.69. The first-order chi connectivity index (χ1) is 7.72. The van der Waals surface area contributed by atoms with E-state index in [9.17, 15) is 4.79 Å². The van der Waals surface area contributed by atoms with Crippen LogP contribution in [0.1, 0.15) is 18.9 Å². The molecule has 16 heavy (non-hydrogen) atoms. The number of halogens is 1. The molecule has 0 radical (unpaired) electrons. The Labute approximate surface area is 101 Å². The summed E-state index contributed by atoms with van der Waals surface area (Å²) >= 11 is 5.86. The summed E-state index contributed by atoms with van der Waals surface area (Å²) in [5.74, 6) is 0.0843.